The van der Waals surface area contributed by atoms with Crippen LogP contribution in [0.2, 0.25) is 0 Å². The van der Waals surface area contributed by atoms with Crippen LogP contribution in [-0.4, -0.2) is 63.9 Å². The Labute approximate surface area is 234 Å². The SMILES string of the molecule is CCNC(=O)C1=CC(OCC(F)(F)F)C(C)(Nc2nc3ccc(-c4ccc(C(=O)NCC5CC5)cc4)cn3n2)C=C1. The molecule has 12 heteroatoms. The number of ether oxygens (including phenoxy) is 1. The first-order chi connectivity index (χ1) is 19.5. The molecule has 2 unspecified atom stereocenters. The summed E-state index contributed by atoms with van der Waals surface area (Å²) in [4.78, 5) is 29.1. The van der Waals surface area contributed by atoms with E-state index in [4.69, 9.17) is 4.74 Å². The first-order valence-electron chi connectivity index (χ1n) is 13.4. The number of rotatable bonds is 10. The van der Waals surface area contributed by atoms with Crippen LogP contribution in [0, 0.1) is 5.92 Å². The number of likely N-dealkylation sites (N-methyl/N-ethyl adjacent to an activating group) is 1. The van der Waals surface area contributed by atoms with E-state index < -0.39 is 30.3 Å². The Hall–Kier alpha value is -4.19. The Balaban J connectivity index is 1.33. The number of anilines is 1. The molecule has 2 aliphatic rings. The zero-order valence-electron chi connectivity index (χ0n) is 22.7. The molecule has 5 rings (SSSR count). The van der Waals surface area contributed by atoms with E-state index >= 15 is 0 Å². The second kappa shape index (κ2) is 11.4. The fourth-order valence-corrected chi connectivity index (χ4v) is 4.50. The van der Waals surface area contributed by atoms with Gasteiger partial charge in [-0.15, -0.1) is 5.10 Å². The molecule has 0 spiro atoms. The molecular formula is C29H31F3N6O3. The topological polar surface area (TPSA) is 110 Å². The van der Waals surface area contributed by atoms with Crippen LogP contribution in [0.4, 0.5) is 19.1 Å². The zero-order valence-corrected chi connectivity index (χ0v) is 22.7. The normalized spacial score (nSPS) is 20.5. The summed E-state index contributed by atoms with van der Waals surface area (Å²) < 4.78 is 45.8. The van der Waals surface area contributed by atoms with E-state index in [1.165, 1.54) is 25.0 Å². The van der Waals surface area contributed by atoms with Crippen molar-refractivity contribution in [3.8, 4) is 11.1 Å². The first-order valence-corrected chi connectivity index (χ1v) is 13.4. The molecule has 216 valence electrons. The number of carbonyl (C=O) groups is 2. The molecular weight excluding hydrogens is 537 g/mol. The maximum absolute atomic E-state index is 13.0. The van der Waals surface area contributed by atoms with E-state index in [0.717, 1.165) is 11.1 Å². The van der Waals surface area contributed by atoms with Gasteiger partial charge < -0.3 is 20.7 Å². The number of pyridine rings is 1. The predicted molar refractivity (Wildman–Crippen MR) is 147 cm³/mol. The summed E-state index contributed by atoms with van der Waals surface area (Å²) in [5, 5.41) is 13.2. The van der Waals surface area contributed by atoms with Gasteiger partial charge in [0.25, 0.3) is 11.8 Å². The van der Waals surface area contributed by atoms with Crippen molar-refractivity contribution in [1.29, 1.82) is 0 Å². The van der Waals surface area contributed by atoms with Gasteiger partial charge in [0.15, 0.2) is 5.65 Å². The molecule has 1 fully saturated rings. The van der Waals surface area contributed by atoms with Crippen LogP contribution >= 0.6 is 0 Å². The van der Waals surface area contributed by atoms with Gasteiger partial charge in [-0.05, 0) is 68.5 Å². The molecule has 3 aromatic rings. The highest BCUT2D eigenvalue weighted by Gasteiger charge is 2.39. The van der Waals surface area contributed by atoms with Crippen molar-refractivity contribution in [3.63, 3.8) is 0 Å². The van der Waals surface area contributed by atoms with Gasteiger partial charge in [0.1, 0.15) is 12.7 Å². The van der Waals surface area contributed by atoms with Crippen molar-refractivity contribution in [2.75, 3.05) is 25.0 Å². The minimum atomic E-state index is -4.54. The zero-order chi connectivity index (χ0) is 29.2. The maximum Gasteiger partial charge on any atom is 0.411 e. The summed E-state index contributed by atoms with van der Waals surface area (Å²) in [6.07, 6.45) is 2.92. The van der Waals surface area contributed by atoms with Crippen LogP contribution in [0.3, 0.4) is 0 Å². The van der Waals surface area contributed by atoms with E-state index in [9.17, 15) is 22.8 Å². The third-order valence-electron chi connectivity index (χ3n) is 7.00. The molecule has 0 aliphatic heterocycles. The standard InChI is InChI=1S/C29H31F3N6O3/c1-3-33-26(40)21-12-13-28(2,23(14-21)41-17-29(30,31)32)36-27-35-24-11-10-22(16-38(24)37-27)19-6-8-20(9-7-19)25(39)34-15-18-4-5-18/h6-14,16,18,23H,3-5,15,17H2,1-2H3,(H,33,40)(H,34,39)(H,36,37). The quantitative estimate of drug-likeness (QED) is 0.337. The van der Waals surface area contributed by atoms with E-state index in [2.05, 4.69) is 26.0 Å². The molecule has 2 amide bonds. The van der Waals surface area contributed by atoms with Gasteiger partial charge in [-0.1, -0.05) is 24.3 Å². The maximum atomic E-state index is 13.0. The fraction of sp³-hybridized carbons (Fsp3) is 0.379. The molecule has 2 heterocycles. The number of alkyl halides is 3. The van der Waals surface area contributed by atoms with Crippen molar-refractivity contribution in [3.05, 3.63) is 72.0 Å². The Morgan fingerprint density at radius 3 is 2.49 bits per heavy atom. The number of fused-ring (bicyclic) bond motifs is 1. The largest absolute Gasteiger partial charge is 0.411 e. The van der Waals surface area contributed by atoms with Crippen molar-refractivity contribution in [2.24, 2.45) is 5.92 Å². The highest BCUT2D eigenvalue weighted by atomic mass is 19.4. The highest BCUT2D eigenvalue weighted by molar-refractivity contribution is 5.96. The summed E-state index contributed by atoms with van der Waals surface area (Å²) in [5.41, 5.74) is 1.85. The van der Waals surface area contributed by atoms with Crippen LogP contribution in [-0.2, 0) is 9.53 Å². The summed E-state index contributed by atoms with van der Waals surface area (Å²) >= 11 is 0. The number of nitrogens with zero attached hydrogens (tertiary/aromatic N) is 3. The molecule has 0 radical (unpaired) electrons. The Morgan fingerprint density at radius 1 is 1.07 bits per heavy atom. The minimum Gasteiger partial charge on any atom is -0.362 e. The summed E-state index contributed by atoms with van der Waals surface area (Å²) in [5.74, 6) is 0.272. The number of nitrogens with one attached hydrogen (secondary N) is 3. The van der Waals surface area contributed by atoms with Gasteiger partial charge in [0, 0.05) is 36.0 Å². The average molecular weight is 569 g/mol. The molecule has 0 saturated heterocycles. The second-order valence-corrected chi connectivity index (χ2v) is 10.5. The lowest BCUT2D eigenvalue weighted by Gasteiger charge is -2.36. The van der Waals surface area contributed by atoms with Gasteiger partial charge in [-0.25, -0.2) is 4.52 Å². The molecule has 1 saturated carbocycles. The summed E-state index contributed by atoms with van der Waals surface area (Å²) in [7, 11) is 0. The third-order valence-corrected chi connectivity index (χ3v) is 7.00. The number of carbonyl (C=O) groups excluding carboxylic acids is 2. The number of hydrogen-bond acceptors (Lipinski definition) is 6. The lowest BCUT2D eigenvalue weighted by molar-refractivity contribution is -0.183. The van der Waals surface area contributed by atoms with Crippen molar-refractivity contribution < 1.29 is 27.5 Å². The molecule has 0 bridgehead atoms. The smallest absolute Gasteiger partial charge is 0.362 e. The lowest BCUT2D eigenvalue weighted by atomic mass is 9.87. The molecule has 3 N–H and O–H groups in total. The molecule has 9 nitrogen and oxygen atoms in total. The van der Waals surface area contributed by atoms with E-state index in [-0.39, 0.29) is 17.4 Å². The number of benzene rings is 1. The highest BCUT2D eigenvalue weighted by Crippen LogP contribution is 2.30. The Bertz CT molecular complexity index is 1490. The Morgan fingerprint density at radius 2 is 1.80 bits per heavy atom. The van der Waals surface area contributed by atoms with Crippen molar-refractivity contribution >= 4 is 23.4 Å². The summed E-state index contributed by atoms with van der Waals surface area (Å²) in [6.45, 7) is 3.00. The van der Waals surface area contributed by atoms with E-state index in [1.807, 2.05) is 18.2 Å². The molecule has 41 heavy (non-hydrogen) atoms. The molecule has 2 aliphatic carbocycles. The van der Waals surface area contributed by atoms with E-state index in [0.29, 0.717) is 30.2 Å². The van der Waals surface area contributed by atoms with Gasteiger partial charge >= 0.3 is 6.18 Å². The molecule has 2 atom stereocenters. The number of aromatic nitrogens is 3. The van der Waals surface area contributed by atoms with E-state index in [1.54, 1.807) is 48.8 Å². The lowest BCUT2D eigenvalue weighted by Crippen LogP contribution is -2.48. The average Bonchev–Trinajstić information content (AvgIpc) is 3.68. The molecule has 2 aromatic heterocycles. The molecule has 1 aromatic carbocycles. The van der Waals surface area contributed by atoms with Crippen molar-refractivity contribution in [1.82, 2.24) is 25.2 Å². The second-order valence-electron chi connectivity index (χ2n) is 10.5. The number of amides is 2. The van der Waals surface area contributed by atoms with Crippen LogP contribution in [0.15, 0.2) is 66.4 Å². The van der Waals surface area contributed by atoms with Crippen LogP contribution < -0.4 is 16.0 Å². The van der Waals surface area contributed by atoms with Gasteiger partial charge in [-0.3, -0.25) is 9.59 Å². The number of halogens is 3. The predicted octanol–water partition coefficient (Wildman–Crippen LogP) is 4.29. The van der Waals surface area contributed by atoms with Crippen molar-refractivity contribution in [2.45, 2.75) is 44.5 Å². The minimum absolute atomic E-state index is 0.0957. The van der Waals surface area contributed by atoms with Crippen LogP contribution in [0.1, 0.15) is 37.0 Å². The fourth-order valence-electron chi connectivity index (χ4n) is 4.50. The van der Waals surface area contributed by atoms with Crippen LogP contribution in [0.25, 0.3) is 16.8 Å². The third kappa shape index (κ3) is 6.94. The summed E-state index contributed by atoms with van der Waals surface area (Å²) in [6, 6.07) is 10.9. The van der Waals surface area contributed by atoms with Gasteiger partial charge in [0.05, 0.1) is 5.54 Å². The first kappa shape index (κ1) is 28.3. The van der Waals surface area contributed by atoms with Crippen LogP contribution in [0.5, 0.6) is 0 Å². The van der Waals surface area contributed by atoms with Gasteiger partial charge in [0.2, 0.25) is 5.95 Å². The number of hydrogen-bond donors (Lipinski definition) is 3. The Kier molecular flexibility index (Phi) is 7.85. The van der Waals surface area contributed by atoms with Gasteiger partial charge in [-0.2, -0.15) is 18.2 Å². The monoisotopic (exact) mass is 568 g/mol.